The maximum Gasteiger partial charge on any atom is 0.225 e. The number of carbonyl (C=O) groups excluding carboxylic acids is 1. The van der Waals surface area contributed by atoms with E-state index in [4.69, 9.17) is 5.11 Å². The van der Waals surface area contributed by atoms with Gasteiger partial charge in [-0.2, -0.15) is 11.8 Å². The quantitative estimate of drug-likeness (QED) is 0.485. The smallest absolute Gasteiger partial charge is 0.225 e. The van der Waals surface area contributed by atoms with Crippen molar-refractivity contribution in [2.75, 3.05) is 18.2 Å². The predicted octanol–water partition coefficient (Wildman–Crippen LogP) is 1.22. The van der Waals surface area contributed by atoms with Crippen LogP contribution in [0.3, 0.4) is 0 Å². The third kappa shape index (κ3) is 6.90. The lowest BCUT2D eigenvalue weighted by molar-refractivity contribution is -0.124. The third-order valence-electron chi connectivity index (χ3n) is 1.71. The molecule has 3 nitrogen and oxygen atoms in total. The Morgan fingerprint density at radius 1 is 1.62 bits per heavy atom. The number of rotatable bonds is 7. The molecule has 0 spiro atoms. The van der Waals surface area contributed by atoms with Crippen molar-refractivity contribution >= 4 is 17.7 Å². The number of aliphatic hydroxyl groups is 1. The number of hydrogen-bond acceptors (Lipinski definition) is 3. The number of unbranched alkanes of at least 4 members (excludes halogenated alkanes) is 1. The monoisotopic (exact) mass is 205 g/mol. The zero-order valence-corrected chi connectivity index (χ0v) is 9.19. The second-order valence-corrected chi connectivity index (χ2v) is 4.18. The molecule has 0 rings (SSSR count). The lowest BCUT2D eigenvalue weighted by atomic mass is 10.2. The molecule has 0 saturated heterocycles. The van der Waals surface area contributed by atoms with Gasteiger partial charge in [-0.15, -0.1) is 0 Å². The van der Waals surface area contributed by atoms with E-state index in [-0.39, 0.29) is 18.6 Å². The summed E-state index contributed by atoms with van der Waals surface area (Å²) in [6.45, 7) is 3.77. The first-order valence-corrected chi connectivity index (χ1v) is 5.84. The molecular weight excluding hydrogens is 186 g/mol. The highest BCUT2D eigenvalue weighted by atomic mass is 32.2. The van der Waals surface area contributed by atoms with Crippen molar-refractivity contribution in [3.63, 3.8) is 0 Å². The number of carbonyl (C=O) groups is 1. The molecule has 0 aliphatic heterocycles. The topological polar surface area (TPSA) is 49.3 Å². The molecule has 0 aliphatic carbocycles. The van der Waals surface area contributed by atoms with Crippen molar-refractivity contribution in [2.24, 2.45) is 5.92 Å². The van der Waals surface area contributed by atoms with Gasteiger partial charge >= 0.3 is 0 Å². The van der Waals surface area contributed by atoms with Crippen LogP contribution in [-0.4, -0.2) is 29.3 Å². The Bertz CT molecular complexity index is 142. The van der Waals surface area contributed by atoms with Gasteiger partial charge in [-0.05, 0) is 12.2 Å². The highest BCUT2D eigenvalue weighted by molar-refractivity contribution is 7.99. The summed E-state index contributed by atoms with van der Waals surface area (Å²) in [5.74, 6) is 1.89. The van der Waals surface area contributed by atoms with E-state index < -0.39 is 0 Å². The second kappa shape index (κ2) is 8.38. The predicted molar refractivity (Wildman–Crippen MR) is 56.6 cm³/mol. The van der Waals surface area contributed by atoms with E-state index in [1.54, 1.807) is 11.8 Å². The number of amides is 1. The average Bonchev–Trinajstić information content (AvgIpc) is 2.12. The molecule has 1 atom stereocenters. The van der Waals surface area contributed by atoms with Gasteiger partial charge in [0.25, 0.3) is 0 Å². The summed E-state index contributed by atoms with van der Waals surface area (Å²) < 4.78 is 0. The molecule has 0 aromatic carbocycles. The Kier molecular flexibility index (Phi) is 8.24. The maximum atomic E-state index is 11.1. The Labute approximate surface area is 84.3 Å². The molecule has 1 unspecified atom stereocenters. The van der Waals surface area contributed by atoms with Crippen molar-refractivity contribution < 1.29 is 9.90 Å². The van der Waals surface area contributed by atoms with Crippen LogP contribution in [0, 0.1) is 5.92 Å². The Hall–Kier alpha value is -0.220. The molecule has 0 bridgehead atoms. The lowest BCUT2D eigenvalue weighted by Gasteiger charge is -2.09. The molecule has 4 heteroatoms. The van der Waals surface area contributed by atoms with Crippen LogP contribution in [0.4, 0.5) is 0 Å². The molecule has 0 aromatic rings. The fourth-order valence-corrected chi connectivity index (χ4v) is 2.00. The van der Waals surface area contributed by atoms with Crippen LogP contribution >= 0.6 is 11.8 Å². The molecule has 13 heavy (non-hydrogen) atoms. The van der Waals surface area contributed by atoms with Crippen molar-refractivity contribution in [1.82, 2.24) is 5.32 Å². The van der Waals surface area contributed by atoms with E-state index >= 15 is 0 Å². The zero-order valence-electron chi connectivity index (χ0n) is 8.38. The molecule has 2 N–H and O–H groups in total. The van der Waals surface area contributed by atoms with Crippen LogP contribution in [0.1, 0.15) is 26.7 Å². The minimum absolute atomic E-state index is 0.00555. The van der Waals surface area contributed by atoms with E-state index in [9.17, 15) is 4.79 Å². The fraction of sp³-hybridized carbons (Fsp3) is 0.889. The summed E-state index contributed by atoms with van der Waals surface area (Å²) in [7, 11) is 0. The van der Waals surface area contributed by atoms with Gasteiger partial charge in [-0.25, -0.2) is 0 Å². The van der Waals surface area contributed by atoms with Crippen LogP contribution in [0.15, 0.2) is 0 Å². The van der Waals surface area contributed by atoms with Crippen molar-refractivity contribution in [3.05, 3.63) is 0 Å². The van der Waals surface area contributed by atoms with E-state index in [1.807, 2.05) is 6.92 Å². The fourth-order valence-electron chi connectivity index (χ4n) is 0.834. The minimum atomic E-state index is -0.261. The van der Waals surface area contributed by atoms with Crippen LogP contribution < -0.4 is 5.32 Å². The molecule has 0 saturated carbocycles. The molecule has 0 heterocycles. The lowest BCUT2D eigenvalue weighted by Crippen LogP contribution is -2.31. The van der Waals surface area contributed by atoms with E-state index in [0.29, 0.717) is 0 Å². The number of nitrogens with one attached hydrogen (secondary N) is 1. The number of hydrogen-bond donors (Lipinski definition) is 2. The van der Waals surface area contributed by atoms with Gasteiger partial charge in [-0.3, -0.25) is 4.79 Å². The van der Waals surface area contributed by atoms with Crippen molar-refractivity contribution in [1.29, 1.82) is 0 Å². The van der Waals surface area contributed by atoms with Crippen LogP contribution in [0.2, 0.25) is 0 Å². The zero-order chi connectivity index (χ0) is 10.1. The summed E-state index contributed by atoms with van der Waals surface area (Å²) in [4.78, 5) is 11.1. The highest BCUT2D eigenvalue weighted by Crippen LogP contribution is 2.10. The summed E-state index contributed by atoms with van der Waals surface area (Å²) in [6.07, 6.45) is 2.41. The van der Waals surface area contributed by atoms with Crippen molar-refractivity contribution in [2.45, 2.75) is 26.7 Å². The van der Waals surface area contributed by atoms with Crippen LogP contribution in [0.5, 0.6) is 0 Å². The van der Waals surface area contributed by atoms with Gasteiger partial charge in [0.15, 0.2) is 0 Å². The van der Waals surface area contributed by atoms with E-state index in [1.165, 1.54) is 12.8 Å². The van der Waals surface area contributed by atoms with Crippen LogP contribution in [0.25, 0.3) is 0 Å². The normalized spacial score (nSPS) is 12.5. The molecule has 0 fully saturated rings. The van der Waals surface area contributed by atoms with Gasteiger partial charge in [0, 0.05) is 11.7 Å². The Balaban J connectivity index is 3.38. The minimum Gasteiger partial charge on any atom is -0.377 e. The number of aliphatic hydroxyl groups excluding tert-OH is 1. The first-order chi connectivity index (χ1) is 6.22. The Morgan fingerprint density at radius 3 is 2.85 bits per heavy atom. The molecule has 0 aliphatic rings. The summed E-state index contributed by atoms with van der Waals surface area (Å²) >= 11 is 1.80. The highest BCUT2D eigenvalue weighted by Gasteiger charge is 2.10. The maximum absolute atomic E-state index is 11.1. The molecule has 0 aromatic heterocycles. The SMILES string of the molecule is CCCCSCC(C)C(=O)NCO. The summed E-state index contributed by atoms with van der Waals surface area (Å²) in [5, 5.41) is 10.8. The van der Waals surface area contributed by atoms with E-state index in [2.05, 4.69) is 12.2 Å². The Morgan fingerprint density at radius 2 is 2.31 bits per heavy atom. The molecule has 78 valence electrons. The number of thioether (sulfide) groups is 1. The molecule has 1 amide bonds. The van der Waals surface area contributed by atoms with Gasteiger partial charge in [0.1, 0.15) is 6.73 Å². The molecule has 0 radical (unpaired) electrons. The first-order valence-electron chi connectivity index (χ1n) is 4.68. The third-order valence-corrected chi connectivity index (χ3v) is 3.02. The largest absolute Gasteiger partial charge is 0.377 e. The average molecular weight is 205 g/mol. The van der Waals surface area contributed by atoms with Crippen molar-refractivity contribution in [3.8, 4) is 0 Å². The summed E-state index contributed by atoms with van der Waals surface area (Å²) in [6, 6.07) is 0. The molecular formula is C9H19NO2S. The summed E-state index contributed by atoms with van der Waals surface area (Å²) in [5.41, 5.74) is 0. The van der Waals surface area contributed by atoms with Gasteiger partial charge in [0.2, 0.25) is 5.91 Å². The standard InChI is InChI=1S/C9H19NO2S/c1-3-4-5-13-6-8(2)9(12)10-7-11/h8,11H,3-7H2,1-2H3,(H,10,12). The first kappa shape index (κ1) is 12.8. The second-order valence-electron chi connectivity index (χ2n) is 3.03. The van der Waals surface area contributed by atoms with Gasteiger partial charge in [0.05, 0.1) is 0 Å². The van der Waals surface area contributed by atoms with Gasteiger partial charge in [-0.1, -0.05) is 20.3 Å². The van der Waals surface area contributed by atoms with Gasteiger partial charge < -0.3 is 10.4 Å². The van der Waals surface area contributed by atoms with E-state index in [0.717, 1.165) is 11.5 Å². The van der Waals surface area contributed by atoms with Crippen LogP contribution in [-0.2, 0) is 4.79 Å².